The summed E-state index contributed by atoms with van der Waals surface area (Å²) < 4.78 is 11.1. The maximum absolute atomic E-state index is 8.76. The van der Waals surface area contributed by atoms with Gasteiger partial charge in [0.1, 0.15) is 11.8 Å². The monoisotopic (exact) mass is 265 g/mol. The number of benzene rings is 1. The summed E-state index contributed by atoms with van der Waals surface area (Å²) >= 11 is 5.92. The van der Waals surface area contributed by atoms with Gasteiger partial charge in [0.15, 0.2) is 0 Å². The second-order valence-electron chi connectivity index (χ2n) is 4.38. The van der Waals surface area contributed by atoms with Crippen molar-refractivity contribution in [3.8, 4) is 11.8 Å². The summed E-state index contributed by atoms with van der Waals surface area (Å²) in [6.07, 6.45) is 4.78. The number of halogens is 1. The highest BCUT2D eigenvalue weighted by Gasteiger charge is 2.14. The van der Waals surface area contributed by atoms with Crippen molar-refractivity contribution in [1.82, 2.24) is 0 Å². The fourth-order valence-electron chi connectivity index (χ4n) is 2.05. The van der Waals surface area contributed by atoms with Crippen LogP contribution < -0.4 is 4.74 Å². The van der Waals surface area contributed by atoms with Crippen molar-refractivity contribution >= 4 is 11.6 Å². The number of rotatable bonds is 5. The van der Waals surface area contributed by atoms with Crippen molar-refractivity contribution in [3.05, 3.63) is 28.8 Å². The van der Waals surface area contributed by atoms with Crippen LogP contribution in [0.5, 0.6) is 5.75 Å². The van der Waals surface area contributed by atoms with Gasteiger partial charge in [0.05, 0.1) is 23.3 Å². The van der Waals surface area contributed by atoms with Gasteiger partial charge in [-0.05, 0) is 37.8 Å². The van der Waals surface area contributed by atoms with E-state index in [2.05, 4.69) is 0 Å². The number of nitrogens with zero attached hydrogens (tertiary/aromatic N) is 1. The molecule has 0 radical (unpaired) electrons. The van der Waals surface area contributed by atoms with Gasteiger partial charge in [-0.15, -0.1) is 0 Å². The predicted octanol–water partition coefficient (Wildman–Crippen LogP) is 3.55. The molecule has 3 nitrogen and oxygen atoms in total. The molecule has 0 aromatic heterocycles. The molecule has 1 saturated heterocycles. The number of ether oxygens (including phenoxy) is 2. The van der Waals surface area contributed by atoms with Crippen LogP contribution in [0.2, 0.25) is 5.02 Å². The van der Waals surface area contributed by atoms with Crippen molar-refractivity contribution in [3.63, 3.8) is 0 Å². The molecule has 0 aliphatic carbocycles. The average molecular weight is 266 g/mol. The molecule has 18 heavy (non-hydrogen) atoms. The third-order valence-corrected chi connectivity index (χ3v) is 3.34. The van der Waals surface area contributed by atoms with Crippen LogP contribution in [0.25, 0.3) is 0 Å². The van der Waals surface area contributed by atoms with Crippen LogP contribution in [0.1, 0.15) is 31.2 Å². The lowest BCUT2D eigenvalue weighted by Gasteiger charge is -2.10. The summed E-state index contributed by atoms with van der Waals surface area (Å²) in [5, 5.41) is 9.19. The molecule has 1 fully saturated rings. The Balaban J connectivity index is 1.73. The Kier molecular flexibility index (Phi) is 4.86. The molecule has 1 aromatic rings. The zero-order valence-corrected chi connectivity index (χ0v) is 10.9. The van der Waals surface area contributed by atoms with E-state index >= 15 is 0 Å². The summed E-state index contributed by atoms with van der Waals surface area (Å²) in [5.41, 5.74) is 0.475. The fraction of sp³-hybridized carbons (Fsp3) is 0.500. The number of nitriles is 1. The van der Waals surface area contributed by atoms with Crippen LogP contribution in [0.3, 0.4) is 0 Å². The van der Waals surface area contributed by atoms with E-state index in [-0.39, 0.29) is 0 Å². The molecule has 0 saturated carbocycles. The highest BCUT2D eigenvalue weighted by Crippen LogP contribution is 2.22. The minimum atomic E-state index is 0.415. The normalized spacial score (nSPS) is 18.6. The first-order chi connectivity index (χ1) is 8.79. The first kappa shape index (κ1) is 13.2. The Bertz CT molecular complexity index is 436. The van der Waals surface area contributed by atoms with Crippen molar-refractivity contribution < 1.29 is 9.47 Å². The summed E-state index contributed by atoms with van der Waals surface area (Å²) in [7, 11) is 0. The molecule has 1 aliphatic heterocycles. The van der Waals surface area contributed by atoms with E-state index in [4.69, 9.17) is 26.3 Å². The maximum atomic E-state index is 8.76. The van der Waals surface area contributed by atoms with E-state index in [1.807, 2.05) is 6.07 Å². The van der Waals surface area contributed by atoms with Gasteiger partial charge in [0.25, 0.3) is 0 Å². The van der Waals surface area contributed by atoms with Crippen molar-refractivity contribution in [2.45, 2.75) is 31.8 Å². The Labute approximate surface area is 112 Å². The Morgan fingerprint density at radius 3 is 3.06 bits per heavy atom. The first-order valence-electron chi connectivity index (χ1n) is 6.23. The van der Waals surface area contributed by atoms with E-state index < -0.39 is 0 Å². The maximum Gasteiger partial charge on any atom is 0.120 e. The third-order valence-electron chi connectivity index (χ3n) is 3.02. The summed E-state index contributed by atoms with van der Waals surface area (Å²) in [6.45, 7) is 1.55. The quantitative estimate of drug-likeness (QED) is 0.765. The molecular weight excluding hydrogens is 250 g/mol. The van der Waals surface area contributed by atoms with Crippen LogP contribution >= 0.6 is 11.6 Å². The summed E-state index contributed by atoms with van der Waals surface area (Å²) in [4.78, 5) is 0. The summed E-state index contributed by atoms with van der Waals surface area (Å²) in [6, 6.07) is 7.16. The first-order valence-corrected chi connectivity index (χ1v) is 6.61. The molecule has 1 heterocycles. The smallest absolute Gasteiger partial charge is 0.120 e. The van der Waals surface area contributed by atoms with Gasteiger partial charge in [-0.2, -0.15) is 5.26 Å². The van der Waals surface area contributed by atoms with Crippen LogP contribution in [0, 0.1) is 11.3 Å². The molecule has 96 valence electrons. The largest absolute Gasteiger partial charge is 0.494 e. The lowest BCUT2D eigenvalue weighted by Crippen LogP contribution is -2.07. The molecule has 1 aromatic carbocycles. The topological polar surface area (TPSA) is 42.2 Å². The Hall–Kier alpha value is -1.24. The van der Waals surface area contributed by atoms with Crippen LogP contribution in [0.4, 0.5) is 0 Å². The lowest BCUT2D eigenvalue weighted by molar-refractivity contribution is 0.0981. The lowest BCUT2D eigenvalue weighted by atomic mass is 10.1. The zero-order valence-electron chi connectivity index (χ0n) is 10.2. The van der Waals surface area contributed by atoms with E-state index in [1.165, 1.54) is 12.8 Å². The predicted molar refractivity (Wildman–Crippen MR) is 69.9 cm³/mol. The van der Waals surface area contributed by atoms with Crippen molar-refractivity contribution in [2.24, 2.45) is 0 Å². The van der Waals surface area contributed by atoms with Crippen molar-refractivity contribution in [1.29, 1.82) is 5.26 Å². The van der Waals surface area contributed by atoms with Gasteiger partial charge in [-0.25, -0.2) is 0 Å². The van der Waals surface area contributed by atoms with Crippen LogP contribution in [0.15, 0.2) is 18.2 Å². The second kappa shape index (κ2) is 6.63. The van der Waals surface area contributed by atoms with Gasteiger partial charge < -0.3 is 9.47 Å². The molecular formula is C14H16ClNO2. The highest BCUT2D eigenvalue weighted by molar-refractivity contribution is 6.31. The molecule has 0 spiro atoms. The molecule has 2 rings (SSSR count). The molecule has 1 aliphatic rings. The minimum Gasteiger partial charge on any atom is -0.494 e. The Morgan fingerprint density at radius 2 is 2.39 bits per heavy atom. The van der Waals surface area contributed by atoms with Gasteiger partial charge in [-0.1, -0.05) is 11.6 Å². The summed E-state index contributed by atoms with van der Waals surface area (Å²) in [5.74, 6) is 0.714. The van der Waals surface area contributed by atoms with Gasteiger partial charge in [0, 0.05) is 12.7 Å². The van der Waals surface area contributed by atoms with Gasteiger partial charge in [0.2, 0.25) is 0 Å². The van der Waals surface area contributed by atoms with E-state index in [9.17, 15) is 0 Å². The van der Waals surface area contributed by atoms with Crippen LogP contribution in [-0.4, -0.2) is 19.3 Å². The molecule has 0 N–H and O–H groups in total. The van der Waals surface area contributed by atoms with Gasteiger partial charge >= 0.3 is 0 Å². The van der Waals surface area contributed by atoms with Crippen LogP contribution in [-0.2, 0) is 4.74 Å². The van der Waals surface area contributed by atoms with E-state index in [1.54, 1.807) is 18.2 Å². The minimum absolute atomic E-state index is 0.415. The van der Waals surface area contributed by atoms with E-state index in [0.717, 1.165) is 19.4 Å². The molecule has 1 atom stereocenters. The second-order valence-corrected chi connectivity index (χ2v) is 4.79. The number of hydrogen-bond donors (Lipinski definition) is 0. The highest BCUT2D eigenvalue weighted by atomic mass is 35.5. The molecule has 4 heteroatoms. The van der Waals surface area contributed by atoms with Crippen molar-refractivity contribution in [2.75, 3.05) is 13.2 Å². The Morgan fingerprint density at radius 1 is 1.50 bits per heavy atom. The standard InChI is InChI=1S/C14H16ClNO2/c15-14-9-13(6-5-11(14)10-16)18-8-2-4-12-3-1-7-17-12/h5-6,9,12H,1-4,7-8H2. The average Bonchev–Trinajstić information content (AvgIpc) is 2.88. The third kappa shape index (κ3) is 3.63. The SMILES string of the molecule is N#Cc1ccc(OCCCC2CCCO2)cc1Cl. The van der Waals surface area contributed by atoms with Gasteiger partial charge in [-0.3, -0.25) is 0 Å². The zero-order chi connectivity index (χ0) is 12.8. The fourth-order valence-corrected chi connectivity index (χ4v) is 2.26. The molecule has 0 amide bonds. The van der Waals surface area contributed by atoms with E-state index in [0.29, 0.717) is 29.0 Å². The number of hydrogen-bond acceptors (Lipinski definition) is 3. The molecule has 1 unspecified atom stereocenters. The molecule has 0 bridgehead atoms.